The number of aliphatic hydroxyl groups is 2. The highest BCUT2D eigenvalue weighted by atomic mass is 16.6. The lowest BCUT2D eigenvalue weighted by Crippen LogP contribution is -2.67. The maximum Gasteiger partial charge on any atom is 0.312 e. The van der Waals surface area contributed by atoms with Crippen LogP contribution in [0.5, 0.6) is 0 Å². The van der Waals surface area contributed by atoms with Crippen LogP contribution in [-0.4, -0.2) is 44.6 Å². The Labute approximate surface area is 236 Å². The monoisotopic (exact) mass is 546 g/mol. The number of hydrogen-bond donors (Lipinski definition) is 2. The molecule has 0 aromatic rings. The molecule has 8 aliphatic carbocycles. The molecule has 8 bridgehead atoms. The van der Waals surface area contributed by atoms with E-state index in [0.717, 1.165) is 43.9 Å². The van der Waals surface area contributed by atoms with Crippen molar-refractivity contribution in [1.29, 1.82) is 0 Å². The summed E-state index contributed by atoms with van der Waals surface area (Å²) in [6.07, 6.45) is 11.9. The topological polar surface area (TPSA) is 93.1 Å². The Hall–Kier alpha value is -1.14. The summed E-state index contributed by atoms with van der Waals surface area (Å²) in [5.41, 5.74) is -3.34. The molecular formula is C33H54O6. The molecule has 6 heteroatoms. The largest absolute Gasteiger partial charge is 0.458 e. The molecule has 0 saturated heterocycles. The van der Waals surface area contributed by atoms with Crippen LogP contribution in [-0.2, 0) is 19.1 Å². The van der Waals surface area contributed by atoms with Crippen molar-refractivity contribution in [1.82, 2.24) is 0 Å². The highest BCUT2D eigenvalue weighted by molar-refractivity contribution is 5.76. The third-order valence-corrected chi connectivity index (χ3v) is 12.2. The van der Waals surface area contributed by atoms with Crippen molar-refractivity contribution in [3.63, 3.8) is 0 Å². The number of carbonyl (C=O) groups is 2. The zero-order valence-corrected chi connectivity index (χ0v) is 25.6. The lowest BCUT2D eigenvalue weighted by molar-refractivity contribution is -0.264. The first-order valence-corrected chi connectivity index (χ1v) is 15.9. The average molecular weight is 547 g/mol. The Morgan fingerprint density at radius 1 is 0.692 bits per heavy atom. The molecule has 2 N–H and O–H groups in total. The fraction of sp³-hybridized carbons (Fsp3) is 0.939. The van der Waals surface area contributed by atoms with Crippen LogP contribution >= 0.6 is 0 Å². The molecule has 222 valence electrons. The predicted molar refractivity (Wildman–Crippen MR) is 150 cm³/mol. The molecular weight excluding hydrogens is 492 g/mol. The normalized spacial score (nSPS) is 45.5. The molecule has 2 unspecified atom stereocenters. The van der Waals surface area contributed by atoms with E-state index in [4.69, 9.17) is 9.47 Å². The van der Waals surface area contributed by atoms with Gasteiger partial charge in [0.1, 0.15) is 11.2 Å². The van der Waals surface area contributed by atoms with Gasteiger partial charge in [0.25, 0.3) is 0 Å². The number of carbonyl (C=O) groups excluding carboxylic acids is 2. The molecule has 0 spiro atoms. The van der Waals surface area contributed by atoms with Gasteiger partial charge >= 0.3 is 11.9 Å². The van der Waals surface area contributed by atoms with E-state index in [0.29, 0.717) is 31.1 Å². The Bertz CT molecular complexity index is 935. The van der Waals surface area contributed by atoms with Crippen molar-refractivity contribution < 1.29 is 29.3 Å². The van der Waals surface area contributed by atoms with Gasteiger partial charge in [0.05, 0.1) is 22.0 Å². The van der Waals surface area contributed by atoms with Crippen molar-refractivity contribution >= 4 is 11.9 Å². The Balaban J connectivity index is 0.000000158. The first kappa shape index (κ1) is 29.4. The van der Waals surface area contributed by atoms with Crippen molar-refractivity contribution in [3.05, 3.63) is 0 Å². The Kier molecular flexibility index (Phi) is 7.11. The molecule has 0 radical (unpaired) electrons. The molecule has 0 aromatic carbocycles. The van der Waals surface area contributed by atoms with E-state index in [9.17, 15) is 19.8 Å². The molecule has 6 nitrogen and oxygen atoms in total. The zero-order valence-electron chi connectivity index (χ0n) is 25.6. The quantitative estimate of drug-likeness (QED) is 0.377. The van der Waals surface area contributed by atoms with Gasteiger partial charge in [0.2, 0.25) is 0 Å². The SMILES string of the molecule is CCC(C)(C)C(=O)OC1(C)C2CC3CC(C2)CC1C3.CCC(C)(C)C(=O)OC12CC3CC(O)(CC(O)(C3)C1)C2. The molecule has 2 atom stereocenters. The minimum atomic E-state index is -0.842. The third kappa shape index (κ3) is 5.31. The average Bonchev–Trinajstić information content (AvgIpc) is 2.80. The molecule has 0 heterocycles. The predicted octanol–water partition coefficient (Wildman–Crippen LogP) is 6.35. The summed E-state index contributed by atoms with van der Waals surface area (Å²) in [7, 11) is 0. The summed E-state index contributed by atoms with van der Waals surface area (Å²) >= 11 is 0. The van der Waals surface area contributed by atoms with Crippen LogP contribution in [0.2, 0.25) is 0 Å². The lowest BCUT2D eigenvalue weighted by Gasteiger charge is -2.62. The molecule has 0 amide bonds. The molecule has 0 aliphatic heterocycles. The highest BCUT2D eigenvalue weighted by Gasteiger charge is 2.65. The maximum absolute atomic E-state index is 12.5. The van der Waals surface area contributed by atoms with E-state index in [1.165, 1.54) is 32.1 Å². The molecule has 8 rings (SSSR count). The first-order valence-electron chi connectivity index (χ1n) is 15.9. The van der Waals surface area contributed by atoms with Crippen LogP contribution in [0, 0.1) is 40.4 Å². The first-order chi connectivity index (χ1) is 17.9. The van der Waals surface area contributed by atoms with Crippen LogP contribution in [0.15, 0.2) is 0 Å². The van der Waals surface area contributed by atoms with Gasteiger partial charge in [-0.3, -0.25) is 9.59 Å². The summed E-state index contributed by atoms with van der Waals surface area (Å²) in [5.74, 6) is 3.19. The summed E-state index contributed by atoms with van der Waals surface area (Å²) < 4.78 is 12.0. The van der Waals surface area contributed by atoms with Gasteiger partial charge < -0.3 is 19.7 Å². The highest BCUT2D eigenvalue weighted by Crippen LogP contribution is 2.61. The van der Waals surface area contributed by atoms with Crippen LogP contribution < -0.4 is 0 Å². The molecule has 39 heavy (non-hydrogen) atoms. The number of hydrogen-bond acceptors (Lipinski definition) is 6. The van der Waals surface area contributed by atoms with Crippen LogP contribution in [0.4, 0.5) is 0 Å². The van der Waals surface area contributed by atoms with Gasteiger partial charge in [-0.15, -0.1) is 0 Å². The van der Waals surface area contributed by atoms with E-state index in [2.05, 4.69) is 13.8 Å². The zero-order chi connectivity index (χ0) is 28.6. The Morgan fingerprint density at radius 2 is 1.13 bits per heavy atom. The van der Waals surface area contributed by atoms with Crippen LogP contribution in [0.1, 0.15) is 132 Å². The van der Waals surface area contributed by atoms with Gasteiger partial charge in [0, 0.05) is 19.3 Å². The number of ether oxygens (including phenoxy) is 2. The van der Waals surface area contributed by atoms with Crippen molar-refractivity contribution in [2.24, 2.45) is 40.4 Å². The van der Waals surface area contributed by atoms with Gasteiger partial charge in [-0.2, -0.15) is 0 Å². The van der Waals surface area contributed by atoms with Crippen molar-refractivity contribution in [2.45, 2.75) is 154 Å². The van der Waals surface area contributed by atoms with E-state index in [1.54, 1.807) is 0 Å². The van der Waals surface area contributed by atoms with Gasteiger partial charge in [-0.25, -0.2) is 0 Å². The Morgan fingerprint density at radius 3 is 1.54 bits per heavy atom. The van der Waals surface area contributed by atoms with Gasteiger partial charge in [0.15, 0.2) is 0 Å². The van der Waals surface area contributed by atoms with Crippen molar-refractivity contribution in [3.8, 4) is 0 Å². The van der Waals surface area contributed by atoms with Crippen LogP contribution in [0.3, 0.4) is 0 Å². The molecule has 8 aliphatic rings. The van der Waals surface area contributed by atoms with Gasteiger partial charge in [-0.05, 0) is 128 Å². The van der Waals surface area contributed by atoms with E-state index >= 15 is 0 Å². The minimum absolute atomic E-state index is 0.0185. The maximum atomic E-state index is 12.5. The fourth-order valence-corrected chi connectivity index (χ4v) is 9.61. The standard InChI is InChI=1S/C17H28O2.C16H26O4/c1-5-16(2,3)15(18)19-17(4)13-7-11-6-12(9-13)10-14(17)8-11;1-4-13(2,3)12(17)20-16-7-11-5-14(18,9-16)8-15(19,6-11)10-16/h11-14H,5-10H2,1-4H3;11,18-19H,4-10H2,1-3H3. The van der Waals surface area contributed by atoms with Crippen LogP contribution in [0.25, 0.3) is 0 Å². The second-order valence-corrected chi connectivity index (χ2v) is 16.4. The summed E-state index contributed by atoms with van der Waals surface area (Å²) in [6.45, 7) is 14.1. The molecule has 8 saturated carbocycles. The van der Waals surface area contributed by atoms with E-state index < -0.39 is 22.2 Å². The summed E-state index contributed by atoms with van der Waals surface area (Å²) in [6, 6.07) is 0. The molecule has 0 aromatic heterocycles. The number of rotatable bonds is 6. The van der Waals surface area contributed by atoms with E-state index in [1.807, 2.05) is 34.6 Å². The fourth-order valence-electron chi connectivity index (χ4n) is 9.61. The van der Waals surface area contributed by atoms with Crippen molar-refractivity contribution in [2.75, 3.05) is 0 Å². The third-order valence-electron chi connectivity index (χ3n) is 12.2. The smallest absolute Gasteiger partial charge is 0.312 e. The minimum Gasteiger partial charge on any atom is -0.458 e. The second-order valence-electron chi connectivity index (χ2n) is 16.4. The lowest BCUT2D eigenvalue weighted by atomic mass is 9.50. The summed E-state index contributed by atoms with van der Waals surface area (Å²) in [4.78, 5) is 24.9. The summed E-state index contributed by atoms with van der Waals surface area (Å²) in [5, 5.41) is 21.3. The number of esters is 2. The van der Waals surface area contributed by atoms with Gasteiger partial charge in [-0.1, -0.05) is 13.8 Å². The second kappa shape index (κ2) is 9.44. The molecule has 8 fully saturated rings. The van der Waals surface area contributed by atoms with E-state index in [-0.39, 0.29) is 28.9 Å².